The maximum atomic E-state index is 12.2. The third-order valence-corrected chi connectivity index (χ3v) is 7.71. The second-order valence-corrected chi connectivity index (χ2v) is 11.6. The first kappa shape index (κ1) is 39.9. The van der Waals surface area contributed by atoms with Crippen LogP contribution in [0.2, 0.25) is 0 Å². The maximum absolute atomic E-state index is 12.2. The van der Waals surface area contributed by atoms with E-state index in [-0.39, 0.29) is 12.2 Å². The molecule has 2 rings (SSSR count). The number of rotatable bonds is 22. The molecule has 8 nitrogen and oxygen atoms in total. The summed E-state index contributed by atoms with van der Waals surface area (Å²) in [4.78, 5) is 35.1. The van der Waals surface area contributed by atoms with E-state index in [1.165, 1.54) is 20.3 Å². The highest BCUT2D eigenvalue weighted by Crippen LogP contribution is 2.20. The number of nitrogens with zero attached hydrogens (tertiary/aromatic N) is 1. The molecule has 0 radical (unpaired) electrons. The lowest BCUT2D eigenvalue weighted by molar-refractivity contribution is -0.143. The average Bonchev–Trinajstić information content (AvgIpc) is 3.11. The first-order valence-corrected chi connectivity index (χ1v) is 16.4. The van der Waals surface area contributed by atoms with E-state index in [2.05, 4.69) is 21.6 Å². The summed E-state index contributed by atoms with van der Waals surface area (Å²) in [5.41, 5.74) is 4.67. The van der Waals surface area contributed by atoms with Gasteiger partial charge in [0.05, 0.1) is 46.2 Å². The van der Waals surface area contributed by atoms with Crippen molar-refractivity contribution < 1.29 is 33.3 Å². The number of hydrogen-bond donors (Lipinski definition) is 0. The zero-order valence-electron chi connectivity index (χ0n) is 28.1. The summed E-state index contributed by atoms with van der Waals surface area (Å²) in [5, 5.41) is 8.72. The predicted molar refractivity (Wildman–Crippen MR) is 187 cm³/mol. The summed E-state index contributed by atoms with van der Waals surface area (Å²) in [6, 6.07) is 22.1. The van der Waals surface area contributed by atoms with E-state index >= 15 is 0 Å². The summed E-state index contributed by atoms with van der Waals surface area (Å²) in [5.74, 6) is -1.54. The summed E-state index contributed by atoms with van der Waals surface area (Å²) in [6.07, 6.45) is 12.3. The summed E-state index contributed by atoms with van der Waals surface area (Å²) in [6.45, 7) is 3.13. The van der Waals surface area contributed by atoms with Crippen molar-refractivity contribution in [3.8, 4) is 6.07 Å². The Bertz CT molecular complexity index is 1440. The number of ether oxygens (including phenoxy) is 4. The number of ketones is 1. The Hall–Kier alpha value is -4.29. The van der Waals surface area contributed by atoms with Crippen LogP contribution in [-0.2, 0) is 46.5 Å². The van der Waals surface area contributed by atoms with Gasteiger partial charge in [0.2, 0.25) is 0 Å². The molecule has 0 amide bonds. The van der Waals surface area contributed by atoms with Gasteiger partial charge in [0.15, 0.2) is 11.2 Å². The first-order chi connectivity index (χ1) is 23.2. The van der Waals surface area contributed by atoms with E-state index in [1.54, 1.807) is 6.08 Å². The van der Waals surface area contributed by atoms with E-state index < -0.39 is 23.4 Å². The SMILES string of the molecule is COC(=O)/C=C/CC/C=C(\COCc1ccccc1)C[C@@H](/C=C(\C#N)CC/C=C(\C)CCC(=O)[C@@H](Cl)C(=O)OC)OCc1ccccc1. The van der Waals surface area contributed by atoms with Crippen molar-refractivity contribution in [2.75, 3.05) is 20.8 Å². The molecular weight excluding hydrogens is 630 g/mol. The lowest BCUT2D eigenvalue weighted by atomic mass is 10.0. The molecule has 256 valence electrons. The standard InChI is InChI=1S/C39H46ClNO7/c1-30(22-23-36(42)38(40)39(44)46-3)14-13-20-33(26-41)24-35(48-29-32-17-9-5-10-18-32)25-34(19-11-6-12-21-37(43)45-2)28-47-27-31-15-7-4-8-16-31/h4-5,7-10,12,14-19,21,24,35,38H,6,11,13,20,22-23,25,27-29H2,1-3H3/b21-12+,30-14+,33-24-,34-19-/t35-,38-/m1/s1. The Morgan fingerprint density at radius 2 is 1.52 bits per heavy atom. The van der Waals surface area contributed by atoms with Crippen molar-refractivity contribution in [3.05, 3.63) is 119 Å². The highest BCUT2D eigenvalue weighted by molar-refractivity contribution is 6.41. The summed E-state index contributed by atoms with van der Waals surface area (Å²) in [7, 11) is 2.54. The number of methoxy groups -OCH3 is 2. The molecule has 0 heterocycles. The van der Waals surface area contributed by atoms with Gasteiger partial charge in [0.25, 0.3) is 0 Å². The predicted octanol–water partition coefficient (Wildman–Crippen LogP) is 7.92. The molecule has 0 N–H and O–H groups in total. The summed E-state index contributed by atoms with van der Waals surface area (Å²) < 4.78 is 21.7. The van der Waals surface area contributed by atoms with Crippen LogP contribution in [0.1, 0.15) is 63.0 Å². The van der Waals surface area contributed by atoms with Crippen molar-refractivity contribution in [2.24, 2.45) is 0 Å². The van der Waals surface area contributed by atoms with Crippen LogP contribution < -0.4 is 0 Å². The molecule has 48 heavy (non-hydrogen) atoms. The number of nitriles is 1. The fraction of sp³-hybridized carbons (Fsp3) is 0.385. The number of carbonyl (C=O) groups is 3. The Balaban J connectivity index is 2.16. The van der Waals surface area contributed by atoms with E-state index in [0.717, 1.165) is 22.3 Å². The number of hydrogen-bond acceptors (Lipinski definition) is 8. The normalized spacial score (nSPS) is 13.5. The highest BCUT2D eigenvalue weighted by Gasteiger charge is 2.24. The van der Waals surface area contributed by atoms with Gasteiger partial charge in [-0.05, 0) is 61.8 Å². The Morgan fingerprint density at radius 3 is 2.15 bits per heavy atom. The van der Waals surface area contributed by atoms with E-state index in [0.29, 0.717) is 63.9 Å². The van der Waals surface area contributed by atoms with Gasteiger partial charge in [-0.2, -0.15) is 5.26 Å². The Labute approximate surface area is 289 Å². The van der Waals surface area contributed by atoms with Crippen molar-refractivity contribution >= 4 is 29.3 Å². The van der Waals surface area contributed by atoms with Gasteiger partial charge in [0, 0.05) is 24.5 Å². The highest BCUT2D eigenvalue weighted by atomic mass is 35.5. The fourth-order valence-electron chi connectivity index (χ4n) is 4.57. The minimum atomic E-state index is -1.30. The van der Waals surface area contributed by atoms with E-state index in [4.69, 9.17) is 21.1 Å². The van der Waals surface area contributed by atoms with Gasteiger partial charge in [-0.15, -0.1) is 11.6 Å². The first-order valence-electron chi connectivity index (χ1n) is 16.0. The number of esters is 2. The van der Waals surface area contributed by atoms with E-state index in [9.17, 15) is 19.6 Å². The third kappa shape index (κ3) is 17.0. The van der Waals surface area contributed by atoms with Crippen LogP contribution in [0.3, 0.4) is 0 Å². The molecule has 0 aliphatic rings. The molecule has 0 aliphatic heterocycles. The molecule has 0 aromatic heterocycles. The molecule has 0 saturated heterocycles. The van der Waals surface area contributed by atoms with Crippen molar-refractivity contribution in [1.29, 1.82) is 5.26 Å². The van der Waals surface area contributed by atoms with Gasteiger partial charge in [0.1, 0.15) is 0 Å². The molecule has 0 spiro atoms. The largest absolute Gasteiger partial charge is 0.468 e. The van der Waals surface area contributed by atoms with Crippen LogP contribution in [0.5, 0.6) is 0 Å². The van der Waals surface area contributed by atoms with Gasteiger partial charge in [-0.25, -0.2) is 9.59 Å². The van der Waals surface area contributed by atoms with Crippen molar-refractivity contribution in [3.63, 3.8) is 0 Å². The smallest absolute Gasteiger partial charge is 0.331 e. The molecule has 2 atom stereocenters. The number of unbranched alkanes of at least 4 members (excludes halogenated alkanes) is 1. The van der Waals surface area contributed by atoms with Crippen LogP contribution in [0.4, 0.5) is 0 Å². The monoisotopic (exact) mass is 675 g/mol. The topological polar surface area (TPSA) is 112 Å². The van der Waals surface area contributed by atoms with Crippen LogP contribution in [-0.4, -0.2) is 50.0 Å². The van der Waals surface area contributed by atoms with Crippen LogP contribution in [0.15, 0.2) is 108 Å². The number of carbonyl (C=O) groups excluding carboxylic acids is 3. The van der Waals surface area contributed by atoms with Gasteiger partial charge < -0.3 is 18.9 Å². The van der Waals surface area contributed by atoms with Crippen LogP contribution >= 0.6 is 11.6 Å². The lowest BCUT2D eigenvalue weighted by Gasteiger charge is -2.18. The van der Waals surface area contributed by atoms with Crippen molar-refractivity contribution in [1.82, 2.24) is 0 Å². The lowest BCUT2D eigenvalue weighted by Crippen LogP contribution is -2.25. The van der Waals surface area contributed by atoms with Crippen LogP contribution in [0.25, 0.3) is 0 Å². The number of allylic oxidation sites excluding steroid dienone is 5. The second kappa shape index (κ2) is 23.9. The molecule has 0 bridgehead atoms. The van der Waals surface area contributed by atoms with E-state index in [1.807, 2.05) is 79.7 Å². The average molecular weight is 676 g/mol. The molecular formula is C39H46ClNO7. The zero-order chi connectivity index (χ0) is 35.0. The minimum Gasteiger partial charge on any atom is -0.468 e. The molecule has 2 aromatic rings. The Kier molecular flexibility index (Phi) is 19.9. The van der Waals surface area contributed by atoms with Gasteiger partial charge >= 0.3 is 11.9 Å². The molecule has 0 fully saturated rings. The molecule has 9 heteroatoms. The minimum absolute atomic E-state index is 0.127. The molecule has 0 unspecified atom stereocenters. The molecule has 0 saturated carbocycles. The molecule has 0 aliphatic carbocycles. The number of alkyl halides is 1. The number of benzene rings is 2. The van der Waals surface area contributed by atoms with Gasteiger partial charge in [-0.3, -0.25) is 4.79 Å². The summed E-state index contributed by atoms with van der Waals surface area (Å²) >= 11 is 5.86. The van der Waals surface area contributed by atoms with Gasteiger partial charge in [-0.1, -0.05) is 84.5 Å². The van der Waals surface area contributed by atoms with Crippen molar-refractivity contribution in [2.45, 2.75) is 76.6 Å². The maximum Gasteiger partial charge on any atom is 0.331 e. The fourth-order valence-corrected chi connectivity index (χ4v) is 4.77. The quantitative estimate of drug-likeness (QED) is 0.0235. The second-order valence-electron chi connectivity index (χ2n) is 11.1. The van der Waals surface area contributed by atoms with Crippen LogP contribution in [0, 0.1) is 11.3 Å². The number of Topliss-reactive ketones (excluding diaryl/α,β-unsaturated/α-hetero) is 1. The number of halogens is 1. The zero-order valence-corrected chi connectivity index (χ0v) is 28.8. The molecule has 2 aromatic carbocycles. The third-order valence-electron chi connectivity index (χ3n) is 7.28. The Morgan fingerprint density at radius 1 is 0.854 bits per heavy atom.